The van der Waals surface area contributed by atoms with Crippen LogP contribution in [0.5, 0.6) is 0 Å². The largest absolute Gasteiger partial charge is 0.386 e. The van der Waals surface area contributed by atoms with E-state index in [0.29, 0.717) is 18.5 Å². The Morgan fingerprint density at radius 1 is 0.922 bits per heavy atom. The van der Waals surface area contributed by atoms with Crippen LogP contribution < -0.4 is 16.0 Å². The number of nitrogens with zero attached hydrogens (tertiary/aromatic N) is 2. The van der Waals surface area contributed by atoms with Crippen molar-refractivity contribution in [2.75, 3.05) is 34.9 Å². The van der Waals surface area contributed by atoms with Crippen LogP contribution in [0.1, 0.15) is 92.7 Å². The Hall–Kier alpha value is -3.06. The van der Waals surface area contributed by atoms with E-state index in [2.05, 4.69) is 16.0 Å². The van der Waals surface area contributed by atoms with E-state index in [-0.39, 0.29) is 53.8 Å². The maximum Gasteiger partial charge on any atom is 0.245 e. The van der Waals surface area contributed by atoms with Crippen LogP contribution in [0, 0.1) is 23.7 Å². The predicted octanol–water partition coefficient (Wildman–Crippen LogP) is 3.53. The monoisotopic (exact) mass is 718 g/mol. The van der Waals surface area contributed by atoms with Crippen molar-refractivity contribution >= 4 is 23.6 Å². The molecule has 12 nitrogen and oxygen atoms in total. The average molecular weight is 718 g/mol. The molecule has 4 amide bonds. The van der Waals surface area contributed by atoms with Crippen molar-refractivity contribution in [2.45, 2.75) is 130 Å². The second-order valence-corrected chi connectivity index (χ2v) is 15.0. The van der Waals surface area contributed by atoms with E-state index in [1.807, 2.05) is 71.9 Å². The number of aliphatic hydroxyl groups is 1. The molecule has 1 saturated heterocycles. The van der Waals surface area contributed by atoms with E-state index in [9.17, 15) is 24.3 Å². The first-order chi connectivity index (χ1) is 24.0. The van der Waals surface area contributed by atoms with Crippen molar-refractivity contribution in [2.24, 2.45) is 23.7 Å². The van der Waals surface area contributed by atoms with Crippen molar-refractivity contribution in [3.63, 3.8) is 0 Å². The standard InChI is InChI=1S/C39H67N5O7/c1-13-25(6)34(43(10)39(49)33(24(4)5)42-38(48)32(40-9)23(2)3)30(50-11)22-31(45)44-21-17-20-29(44)36(51-12)26(7)37(47)41-27(8)35(46)28-18-15-14-16-19-28/h14-16,18-19,23-27,29-30,32-36,40,46H,13,17,20-22H2,1-12H3,(H,41,47)(H,42,48)/t25-,26+,27-,29-,30+,32-,33-,34-,35-,36+/m0/s1. The zero-order chi connectivity index (χ0) is 38.6. The molecule has 0 unspecified atom stereocenters. The molecule has 0 saturated carbocycles. The molecule has 51 heavy (non-hydrogen) atoms. The average Bonchev–Trinajstić information content (AvgIpc) is 3.59. The maximum atomic E-state index is 14.1. The van der Waals surface area contributed by atoms with Crippen LogP contribution in [0.3, 0.4) is 0 Å². The maximum absolute atomic E-state index is 14.1. The number of likely N-dealkylation sites (N-methyl/N-ethyl adjacent to an activating group) is 2. The second kappa shape index (κ2) is 20.8. The minimum Gasteiger partial charge on any atom is -0.386 e. The van der Waals surface area contributed by atoms with Crippen molar-refractivity contribution in [1.82, 2.24) is 25.8 Å². The third-order valence-corrected chi connectivity index (χ3v) is 10.7. The summed E-state index contributed by atoms with van der Waals surface area (Å²) in [6, 6.07) is 6.67. The number of ether oxygens (including phenoxy) is 2. The van der Waals surface area contributed by atoms with E-state index in [1.54, 1.807) is 52.0 Å². The van der Waals surface area contributed by atoms with Gasteiger partial charge in [0.25, 0.3) is 0 Å². The van der Waals surface area contributed by atoms with Crippen LogP contribution in [-0.2, 0) is 28.7 Å². The third-order valence-electron chi connectivity index (χ3n) is 10.7. The van der Waals surface area contributed by atoms with Gasteiger partial charge in [0.05, 0.1) is 54.8 Å². The van der Waals surface area contributed by atoms with Gasteiger partial charge >= 0.3 is 0 Å². The molecule has 0 bridgehead atoms. The number of amides is 4. The highest BCUT2D eigenvalue weighted by Gasteiger charge is 2.43. The highest BCUT2D eigenvalue weighted by Crippen LogP contribution is 2.30. The van der Waals surface area contributed by atoms with Gasteiger partial charge in [-0.05, 0) is 50.1 Å². The molecule has 1 heterocycles. The fourth-order valence-electron chi connectivity index (χ4n) is 7.42. The number of likely N-dealkylation sites (tertiary alicyclic amines) is 1. The van der Waals surface area contributed by atoms with Crippen molar-refractivity contribution in [3.05, 3.63) is 35.9 Å². The number of rotatable bonds is 20. The Balaban J connectivity index is 2.24. The highest BCUT2D eigenvalue weighted by molar-refractivity contribution is 5.90. The van der Waals surface area contributed by atoms with E-state index >= 15 is 0 Å². The number of carbonyl (C=O) groups excluding carboxylic acids is 4. The molecule has 290 valence electrons. The Bertz CT molecular complexity index is 1250. The minimum absolute atomic E-state index is 0.0148. The van der Waals surface area contributed by atoms with E-state index < -0.39 is 48.4 Å². The van der Waals surface area contributed by atoms with Crippen LogP contribution >= 0.6 is 0 Å². The summed E-state index contributed by atoms with van der Waals surface area (Å²) < 4.78 is 11.9. The van der Waals surface area contributed by atoms with Gasteiger partial charge in [-0.25, -0.2) is 0 Å². The van der Waals surface area contributed by atoms with Gasteiger partial charge in [0.1, 0.15) is 6.04 Å². The number of nitrogens with one attached hydrogen (secondary N) is 3. The molecule has 1 aromatic rings. The zero-order valence-corrected chi connectivity index (χ0v) is 33.1. The van der Waals surface area contributed by atoms with Crippen LogP contribution in [-0.4, -0.2) is 116 Å². The molecule has 1 fully saturated rings. The minimum atomic E-state index is -0.875. The summed E-state index contributed by atoms with van der Waals surface area (Å²) in [6.45, 7) is 15.9. The Morgan fingerprint density at radius 3 is 2.04 bits per heavy atom. The second-order valence-electron chi connectivity index (χ2n) is 15.0. The molecule has 0 aromatic heterocycles. The highest BCUT2D eigenvalue weighted by atomic mass is 16.5. The smallest absolute Gasteiger partial charge is 0.245 e. The fraction of sp³-hybridized carbons (Fsp3) is 0.744. The SMILES string of the molecule is CC[C@H](C)[C@@H]([C@@H](CC(=O)N1CCC[C@H]1[C@H](OC)[C@@H](C)C(=O)N[C@@H](C)[C@H](O)c1ccccc1)OC)N(C)C(=O)[C@@H](NC(=O)[C@@H](NC)C(C)C)C(C)C. The summed E-state index contributed by atoms with van der Waals surface area (Å²) >= 11 is 0. The normalized spacial score (nSPS) is 20.1. The quantitative estimate of drug-likeness (QED) is 0.160. The van der Waals surface area contributed by atoms with Crippen LogP contribution in [0.2, 0.25) is 0 Å². The molecule has 1 aliphatic rings. The van der Waals surface area contributed by atoms with Gasteiger partial charge in [-0.3, -0.25) is 19.2 Å². The van der Waals surface area contributed by atoms with Gasteiger partial charge in [-0.2, -0.15) is 0 Å². The summed E-state index contributed by atoms with van der Waals surface area (Å²) in [4.78, 5) is 58.3. The fourth-order valence-corrected chi connectivity index (χ4v) is 7.42. The molecule has 10 atom stereocenters. The molecule has 2 rings (SSSR count). The summed E-state index contributed by atoms with van der Waals surface area (Å²) in [5, 5.41) is 19.8. The van der Waals surface area contributed by atoms with Crippen molar-refractivity contribution in [1.29, 1.82) is 0 Å². The lowest BCUT2D eigenvalue weighted by molar-refractivity contribution is -0.148. The number of hydrogen-bond acceptors (Lipinski definition) is 8. The van der Waals surface area contributed by atoms with E-state index in [0.717, 1.165) is 12.8 Å². The van der Waals surface area contributed by atoms with Gasteiger partial charge in [0, 0.05) is 27.8 Å². The number of hydrogen-bond donors (Lipinski definition) is 4. The van der Waals surface area contributed by atoms with Gasteiger partial charge in [0.2, 0.25) is 23.6 Å². The lowest BCUT2D eigenvalue weighted by Gasteiger charge is -2.41. The van der Waals surface area contributed by atoms with Crippen LogP contribution in [0.15, 0.2) is 30.3 Å². The topological polar surface area (TPSA) is 150 Å². The molecule has 1 aromatic carbocycles. The lowest BCUT2D eigenvalue weighted by atomic mass is 9.89. The number of carbonyl (C=O) groups is 4. The summed E-state index contributed by atoms with van der Waals surface area (Å²) in [5.41, 5.74) is 0.711. The van der Waals surface area contributed by atoms with Crippen molar-refractivity contribution in [3.8, 4) is 0 Å². The Labute approximate surface area is 306 Å². The van der Waals surface area contributed by atoms with Gasteiger partial charge in [0.15, 0.2) is 0 Å². The zero-order valence-electron chi connectivity index (χ0n) is 33.1. The van der Waals surface area contributed by atoms with E-state index in [4.69, 9.17) is 9.47 Å². The number of benzene rings is 1. The summed E-state index contributed by atoms with van der Waals surface area (Å²) in [6.07, 6.45) is 0.147. The molecule has 4 N–H and O–H groups in total. The molecule has 1 aliphatic heterocycles. The first kappa shape index (κ1) is 44.1. The molecular formula is C39H67N5O7. The van der Waals surface area contributed by atoms with E-state index in [1.165, 1.54) is 0 Å². The number of methoxy groups -OCH3 is 2. The number of aliphatic hydroxyl groups excluding tert-OH is 1. The first-order valence-electron chi connectivity index (χ1n) is 18.7. The first-order valence-corrected chi connectivity index (χ1v) is 18.7. The molecule has 0 spiro atoms. The lowest BCUT2D eigenvalue weighted by Crippen LogP contribution is -2.59. The molecular weight excluding hydrogens is 650 g/mol. The van der Waals surface area contributed by atoms with Crippen molar-refractivity contribution < 1.29 is 33.8 Å². The molecule has 0 aliphatic carbocycles. The Kier molecular flexibility index (Phi) is 18.0. The van der Waals surface area contributed by atoms with Gasteiger partial charge < -0.3 is 40.3 Å². The summed E-state index contributed by atoms with van der Waals surface area (Å²) in [5.74, 6) is -1.62. The molecule has 12 heteroatoms. The van der Waals surface area contributed by atoms with Crippen LogP contribution in [0.25, 0.3) is 0 Å². The predicted molar refractivity (Wildman–Crippen MR) is 200 cm³/mol. The third kappa shape index (κ3) is 11.5. The molecule has 0 radical (unpaired) electrons. The summed E-state index contributed by atoms with van der Waals surface area (Å²) in [7, 11) is 6.57. The van der Waals surface area contributed by atoms with Gasteiger partial charge in [-0.1, -0.05) is 85.2 Å². The van der Waals surface area contributed by atoms with Crippen LogP contribution in [0.4, 0.5) is 0 Å². The Morgan fingerprint density at radius 2 is 1.53 bits per heavy atom. The van der Waals surface area contributed by atoms with Gasteiger partial charge in [-0.15, -0.1) is 0 Å².